The summed E-state index contributed by atoms with van der Waals surface area (Å²) in [7, 11) is 0. The zero-order valence-corrected chi connectivity index (χ0v) is 29.7. The van der Waals surface area contributed by atoms with Gasteiger partial charge in [0, 0.05) is 23.9 Å². The van der Waals surface area contributed by atoms with E-state index < -0.39 is 0 Å². The van der Waals surface area contributed by atoms with Gasteiger partial charge >= 0.3 is 0 Å². The standard InChI is InChI=1S/2C25H23N/c1-3-12-20-18(8-1)10-5-14-22(20)25(24-16-7-17-26-24)23-15-6-11-19-9-2-4-13-21(19)23;1-3-8-20-16-22(13-11-18(20)6-1)25(24-10-5-15-26-24)23-14-12-19-7-2-4-9-21(19)17-23/h1-6,8-15,24-26H,7,16-17H2;1-4,6-9,11-14,16-17,24-26H,5,10,15H2. The Morgan fingerprint density at radius 1 is 0.365 bits per heavy atom. The van der Waals surface area contributed by atoms with Crippen LogP contribution in [-0.2, 0) is 0 Å². The van der Waals surface area contributed by atoms with E-state index in [0.29, 0.717) is 23.9 Å². The van der Waals surface area contributed by atoms with Crippen LogP contribution in [0.4, 0.5) is 0 Å². The maximum atomic E-state index is 3.78. The monoisotopic (exact) mass is 674 g/mol. The molecule has 0 saturated carbocycles. The Kier molecular flexibility index (Phi) is 9.25. The van der Waals surface area contributed by atoms with E-state index in [9.17, 15) is 0 Å². The normalized spacial score (nSPS) is 17.3. The van der Waals surface area contributed by atoms with E-state index in [-0.39, 0.29) is 0 Å². The second-order valence-corrected chi connectivity index (χ2v) is 14.7. The predicted octanol–water partition coefficient (Wildman–Crippen LogP) is 11.8. The molecule has 2 heteroatoms. The van der Waals surface area contributed by atoms with Crippen molar-refractivity contribution in [1.82, 2.24) is 10.6 Å². The summed E-state index contributed by atoms with van der Waals surface area (Å²) in [5, 5.41) is 18.2. The lowest BCUT2D eigenvalue weighted by Crippen LogP contribution is -2.30. The molecule has 0 radical (unpaired) electrons. The summed E-state index contributed by atoms with van der Waals surface area (Å²) in [6.07, 6.45) is 5.00. The Balaban J connectivity index is 0.000000138. The average Bonchev–Trinajstić information content (AvgIpc) is 3.95. The summed E-state index contributed by atoms with van der Waals surface area (Å²) in [6.45, 7) is 2.25. The van der Waals surface area contributed by atoms with Gasteiger partial charge in [-0.1, -0.05) is 170 Å². The third-order valence-electron chi connectivity index (χ3n) is 11.6. The van der Waals surface area contributed by atoms with E-state index in [2.05, 4.69) is 180 Å². The molecular weight excluding hydrogens is 629 g/mol. The molecule has 2 unspecified atom stereocenters. The van der Waals surface area contributed by atoms with Crippen LogP contribution in [0.1, 0.15) is 59.8 Å². The van der Waals surface area contributed by atoms with Gasteiger partial charge in [-0.15, -0.1) is 0 Å². The van der Waals surface area contributed by atoms with Crippen LogP contribution < -0.4 is 10.6 Å². The van der Waals surface area contributed by atoms with Crippen LogP contribution in [0, 0.1) is 0 Å². The van der Waals surface area contributed by atoms with Crippen LogP contribution in [0.2, 0.25) is 0 Å². The molecule has 52 heavy (non-hydrogen) atoms. The first kappa shape index (κ1) is 32.6. The van der Waals surface area contributed by atoms with Crippen molar-refractivity contribution in [3.05, 3.63) is 192 Å². The van der Waals surface area contributed by atoms with Crippen LogP contribution in [0.5, 0.6) is 0 Å². The number of benzene rings is 8. The first-order chi connectivity index (χ1) is 25.8. The van der Waals surface area contributed by atoms with E-state index in [4.69, 9.17) is 0 Å². The van der Waals surface area contributed by atoms with Crippen molar-refractivity contribution >= 4 is 43.1 Å². The molecule has 10 rings (SSSR count). The molecule has 2 saturated heterocycles. The molecule has 0 aliphatic carbocycles. The first-order valence-electron chi connectivity index (χ1n) is 19.2. The van der Waals surface area contributed by atoms with Gasteiger partial charge in [0.25, 0.3) is 0 Å². The Morgan fingerprint density at radius 2 is 0.769 bits per heavy atom. The first-order valence-corrected chi connectivity index (χ1v) is 19.2. The molecule has 0 aromatic heterocycles. The van der Waals surface area contributed by atoms with Crippen molar-refractivity contribution in [1.29, 1.82) is 0 Å². The van der Waals surface area contributed by atoms with Gasteiger partial charge in [0.2, 0.25) is 0 Å². The van der Waals surface area contributed by atoms with Crippen LogP contribution in [-0.4, -0.2) is 25.2 Å². The summed E-state index contributed by atoms with van der Waals surface area (Å²) in [4.78, 5) is 0. The molecule has 8 aromatic carbocycles. The maximum absolute atomic E-state index is 3.78. The van der Waals surface area contributed by atoms with Crippen molar-refractivity contribution in [2.75, 3.05) is 13.1 Å². The highest BCUT2D eigenvalue weighted by Gasteiger charge is 2.30. The molecule has 2 fully saturated rings. The van der Waals surface area contributed by atoms with Crippen molar-refractivity contribution in [3.63, 3.8) is 0 Å². The van der Waals surface area contributed by atoms with Gasteiger partial charge in [-0.25, -0.2) is 0 Å². The summed E-state index contributed by atoms with van der Waals surface area (Å²) in [5.41, 5.74) is 5.72. The minimum Gasteiger partial charge on any atom is -0.313 e. The van der Waals surface area contributed by atoms with Crippen molar-refractivity contribution < 1.29 is 0 Å². The fraction of sp³-hybridized carbons (Fsp3) is 0.200. The quantitative estimate of drug-likeness (QED) is 0.183. The molecule has 0 spiro atoms. The van der Waals surface area contributed by atoms with E-state index >= 15 is 0 Å². The number of fused-ring (bicyclic) bond motifs is 4. The molecule has 0 amide bonds. The lowest BCUT2D eigenvalue weighted by Gasteiger charge is -2.27. The highest BCUT2D eigenvalue weighted by atomic mass is 14.9. The van der Waals surface area contributed by atoms with Gasteiger partial charge in [0.1, 0.15) is 0 Å². The molecule has 2 atom stereocenters. The molecule has 0 bridgehead atoms. The maximum Gasteiger partial charge on any atom is 0.0255 e. The molecule has 2 N–H and O–H groups in total. The van der Waals surface area contributed by atoms with Crippen LogP contribution >= 0.6 is 0 Å². The minimum absolute atomic E-state index is 0.370. The van der Waals surface area contributed by atoms with Crippen molar-refractivity contribution in [2.24, 2.45) is 0 Å². The second kappa shape index (κ2) is 14.8. The minimum atomic E-state index is 0.370. The fourth-order valence-corrected chi connectivity index (χ4v) is 9.10. The predicted molar refractivity (Wildman–Crippen MR) is 222 cm³/mol. The fourth-order valence-electron chi connectivity index (χ4n) is 9.10. The zero-order valence-electron chi connectivity index (χ0n) is 29.7. The van der Waals surface area contributed by atoms with E-state index in [1.54, 1.807) is 0 Å². The van der Waals surface area contributed by atoms with Crippen LogP contribution in [0.3, 0.4) is 0 Å². The van der Waals surface area contributed by atoms with Gasteiger partial charge in [0.15, 0.2) is 0 Å². The SMILES string of the molecule is c1ccc2c(C(c3cccc4ccccc34)C3CCCN3)cccc2c1.c1ccc2cc(C(c3ccc4ccccc4c3)C3CCCN3)ccc2c1. The molecule has 2 heterocycles. The summed E-state index contributed by atoms with van der Waals surface area (Å²) < 4.78 is 0. The summed E-state index contributed by atoms with van der Waals surface area (Å²) in [5.74, 6) is 0.765. The Bertz CT molecular complexity index is 2300. The molecular formula is C50H46N2. The van der Waals surface area contributed by atoms with Crippen LogP contribution in [0.15, 0.2) is 170 Å². The highest BCUT2D eigenvalue weighted by molar-refractivity contribution is 5.90. The Morgan fingerprint density at radius 3 is 1.23 bits per heavy atom. The zero-order chi connectivity index (χ0) is 34.7. The van der Waals surface area contributed by atoms with Gasteiger partial charge in [-0.2, -0.15) is 0 Å². The third-order valence-corrected chi connectivity index (χ3v) is 11.6. The Hall–Kier alpha value is -5.28. The van der Waals surface area contributed by atoms with Gasteiger partial charge < -0.3 is 10.6 Å². The molecule has 2 aliphatic heterocycles. The topological polar surface area (TPSA) is 24.1 Å². The number of nitrogens with one attached hydrogen (secondary N) is 2. The molecule has 8 aromatic rings. The Labute approximate surface area is 307 Å². The lowest BCUT2D eigenvalue weighted by atomic mass is 9.80. The van der Waals surface area contributed by atoms with Crippen LogP contribution in [0.25, 0.3) is 43.1 Å². The summed E-state index contributed by atoms with van der Waals surface area (Å²) in [6, 6.07) is 63.4. The number of rotatable bonds is 6. The second-order valence-electron chi connectivity index (χ2n) is 14.7. The van der Waals surface area contributed by atoms with Gasteiger partial charge in [-0.3, -0.25) is 0 Å². The summed E-state index contributed by atoms with van der Waals surface area (Å²) >= 11 is 0. The van der Waals surface area contributed by atoms with E-state index in [1.165, 1.54) is 91.0 Å². The van der Waals surface area contributed by atoms with Gasteiger partial charge in [-0.05, 0) is 104 Å². The van der Waals surface area contributed by atoms with E-state index in [0.717, 1.165) is 13.1 Å². The molecule has 2 nitrogen and oxygen atoms in total. The molecule has 2 aliphatic rings. The number of hydrogen-bond donors (Lipinski definition) is 2. The van der Waals surface area contributed by atoms with Crippen molar-refractivity contribution in [2.45, 2.75) is 49.6 Å². The average molecular weight is 675 g/mol. The number of hydrogen-bond acceptors (Lipinski definition) is 2. The van der Waals surface area contributed by atoms with Gasteiger partial charge in [0.05, 0.1) is 0 Å². The third kappa shape index (κ3) is 6.50. The largest absolute Gasteiger partial charge is 0.313 e. The lowest BCUT2D eigenvalue weighted by molar-refractivity contribution is 0.541. The molecule has 256 valence electrons. The smallest absolute Gasteiger partial charge is 0.0255 e. The highest BCUT2D eigenvalue weighted by Crippen LogP contribution is 2.39. The van der Waals surface area contributed by atoms with E-state index in [1.807, 2.05) is 0 Å². The van der Waals surface area contributed by atoms with Crippen molar-refractivity contribution in [3.8, 4) is 0 Å².